The minimum absolute atomic E-state index is 0.166. The summed E-state index contributed by atoms with van der Waals surface area (Å²) in [5, 5.41) is 120. The Morgan fingerprint density at radius 3 is 1.80 bits per heavy atom. The molecule has 12 N–H and O–H groups in total. The molecule has 0 spiro atoms. The third-order valence-electron chi connectivity index (χ3n) is 12.5. The third kappa shape index (κ3) is 20.4. The lowest BCUT2D eigenvalue weighted by Gasteiger charge is -2.45. The molecule has 3 heterocycles. The molecule has 0 aromatic heterocycles. The summed E-state index contributed by atoms with van der Waals surface area (Å²) < 4.78 is 62.4. The van der Waals surface area contributed by atoms with Crippen LogP contribution >= 0.6 is 0 Å². The molecule has 19 nitrogen and oxygen atoms in total. The van der Waals surface area contributed by atoms with E-state index in [1.54, 1.807) is 87.6 Å². The van der Waals surface area contributed by atoms with Crippen molar-refractivity contribution in [3.8, 4) is 0 Å². The molecule has 0 radical (unpaired) electrons. The quantitative estimate of drug-likeness (QED) is 0.177. The maximum Gasteiger partial charge on any atom is 0.471 e. The smallest absolute Gasteiger partial charge is 0.471 e. The number of carboxylic acids is 1. The van der Waals surface area contributed by atoms with Gasteiger partial charge in [0.2, 0.25) is 0 Å². The molecule has 3 aliphatic rings. The van der Waals surface area contributed by atoms with Crippen LogP contribution in [0.1, 0.15) is 79.1 Å². The first-order valence-electron chi connectivity index (χ1n) is 23.5. The van der Waals surface area contributed by atoms with Gasteiger partial charge < -0.3 is 80.4 Å². The van der Waals surface area contributed by atoms with Crippen molar-refractivity contribution in [3.63, 3.8) is 0 Å². The van der Waals surface area contributed by atoms with Gasteiger partial charge in [0.1, 0.15) is 24.2 Å². The van der Waals surface area contributed by atoms with E-state index in [0.29, 0.717) is 0 Å². The van der Waals surface area contributed by atoms with Crippen LogP contribution in [0.4, 0.5) is 13.2 Å². The zero-order valence-corrected chi connectivity index (χ0v) is 40.0. The van der Waals surface area contributed by atoms with E-state index in [2.05, 4.69) is 0 Å². The number of halogens is 3. The number of rotatable bonds is 4. The molecule has 1 amide bonds. The SMILES string of the molecule is C[C@@H]1[C@H](O)[C@@H](C)\C=C/C=C/C=C/C=C/C=C/C=C/C=C/[C@H](O[C@@H]2O[C@H](C)[C@@H](O)[C@H](NC(=O)C(F)(F)F)[C@@H]2O)C[C@@H]2O[C@](O)(C[C@@H](O)C[C@@H](O)[C@H](O)CC[C@@H](O)C[C@@H](O)CC(=O)O[C@H]1C)C[C@H](O)[C@H]2C(=O)O. The number of ether oxygens (including phenoxy) is 4. The molecule has 3 aliphatic heterocycles. The second kappa shape index (κ2) is 28.9. The maximum absolute atomic E-state index is 13.2. The van der Waals surface area contributed by atoms with E-state index < -0.39 is 165 Å². The van der Waals surface area contributed by atoms with Gasteiger partial charge in [0.25, 0.3) is 0 Å². The summed E-state index contributed by atoms with van der Waals surface area (Å²) in [5.41, 5.74) is 0. The molecule has 0 saturated carbocycles. The van der Waals surface area contributed by atoms with Gasteiger partial charge in [-0.3, -0.25) is 14.4 Å². The normalized spacial score (nSPS) is 42.8. The van der Waals surface area contributed by atoms with E-state index in [1.165, 1.54) is 30.5 Å². The number of aliphatic hydroxyl groups is 10. The molecule has 3 rings (SSSR count). The summed E-state index contributed by atoms with van der Waals surface area (Å²) in [6.07, 6.45) is -7.28. The van der Waals surface area contributed by atoms with E-state index in [4.69, 9.17) is 18.9 Å². The fraction of sp³-hybridized carbons (Fsp3) is 0.653. The van der Waals surface area contributed by atoms with Crippen LogP contribution in [-0.4, -0.2) is 178 Å². The van der Waals surface area contributed by atoms with Gasteiger partial charge in [-0.2, -0.15) is 13.2 Å². The van der Waals surface area contributed by atoms with Crippen molar-refractivity contribution in [1.29, 1.82) is 0 Å². The lowest BCUT2D eigenvalue weighted by molar-refractivity contribution is -0.309. The van der Waals surface area contributed by atoms with Crippen molar-refractivity contribution in [1.82, 2.24) is 5.32 Å². The number of allylic oxidation sites excluding steroid dienone is 12. The summed E-state index contributed by atoms with van der Waals surface area (Å²) in [6, 6.07) is -1.96. The largest absolute Gasteiger partial charge is 0.481 e. The summed E-state index contributed by atoms with van der Waals surface area (Å²) in [6.45, 7) is 6.36. The molecular weight excluding hydrogens is 948 g/mol. The number of carbonyl (C=O) groups is 3. The van der Waals surface area contributed by atoms with Gasteiger partial charge in [0, 0.05) is 37.5 Å². The number of carboxylic acid groups (broad SMARTS) is 1. The van der Waals surface area contributed by atoms with Gasteiger partial charge in [-0.15, -0.1) is 0 Å². The predicted octanol–water partition coefficient (Wildman–Crippen LogP) is 1.43. The average molecular weight is 1020 g/mol. The van der Waals surface area contributed by atoms with Crippen molar-refractivity contribution in [3.05, 3.63) is 85.1 Å². The fourth-order valence-corrected chi connectivity index (χ4v) is 8.34. The first-order chi connectivity index (χ1) is 33.2. The highest BCUT2D eigenvalue weighted by molar-refractivity contribution is 5.82. The number of hydrogen-bond donors (Lipinski definition) is 12. The summed E-state index contributed by atoms with van der Waals surface area (Å²) >= 11 is 0. The van der Waals surface area contributed by atoms with Crippen LogP contribution in [0, 0.1) is 17.8 Å². The number of aliphatic carboxylic acids is 1. The second-order valence-corrected chi connectivity index (χ2v) is 18.5. The van der Waals surface area contributed by atoms with Gasteiger partial charge in [-0.1, -0.05) is 98.9 Å². The monoisotopic (exact) mass is 1020 g/mol. The second-order valence-electron chi connectivity index (χ2n) is 18.5. The molecule has 2 saturated heterocycles. The van der Waals surface area contributed by atoms with Crippen molar-refractivity contribution in [2.45, 2.75) is 183 Å². The highest BCUT2D eigenvalue weighted by Crippen LogP contribution is 2.38. The zero-order valence-electron chi connectivity index (χ0n) is 40.0. The summed E-state index contributed by atoms with van der Waals surface area (Å²) in [5.74, 6) is -9.86. The first-order valence-corrected chi connectivity index (χ1v) is 23.5. The number of alkyl halides is 3. The van der Waals surface area contributed by atoms with Crippen molar-refractivity contribution in [2.24, 2.45) is 17.8 Å². The lowest BCUT2D eigenvalue weighted by Crippen LogP contribution is -2.65. The van der Waals surface area contributed by atoms with Crippen molar-refractivity contribution in [2.75, 3.05) is 0 Å². The topological polar surface area (TPSA) is 323 Å². The molecule has 71 heavy (non-hydrogen) atoms. The number of amides is 1. The molecule has 0 aliphatic carbocycles. The van der Waals surface area contributed by atoms with E-state index in [-0.39, 0.29) is 25.2 Å². The Balaban J connectivity index is 1.92. The lowest BCUT2D eigenvalue weighted by atomic mass is 9.82. The van der Waals surface area contributed by atoms with Gasteiger partial charge in [-0.05, 0) is 33.1 Å². The Bertz CT molecular complexity index is 1890. The van der Waals surface area contributed by atoms with Gasteiger partial charge in [0.15, 0.2) is 12.1 Å². The van der Waals surface area contributed by atoms with Crippen LogP contribution in [-0.2, 0) is 33.3 Å². The Morgan fingerprint density at radius 1 is 0.676 bits per heavy atom. The van der Waals surface area contributed by atoms with Gasteiger partial charge >= 0.3 is 24.0 Å². The van der Waals surface area contributed by atoms with Gasteiger partial charge in [0.05, 0.1) is 73.5 Å². The Morgan fingerprint density at radius 2 is 1.24 bits per heavy atom. The number of esters is 1. The van der Waals surface area contributed by atoms with Crippen LogP contribution in [0.15, 0.2) is 85.1 Å². The van der Waals surface area contributed by atoms with E-state index in [1.807, 2.05) is 0 Å². The number of cyclic esters (lactones) is 1. The molecule has 402 valence electrons. The van der Waals surface area contributed by atoms with Crippen LogP contribution in [0.3, 0.4) is 0 Å². The minimum atomic E-state index is -5.39. The Kier molecular flexibility index (Phi) is 24.9. The zero-order chi connectivity index (χ0) is 53.2. The molecular formula is C49H72F3NO18. The average Bonchev–Trinajstić information content (AvgIpc) is 3.26. The summed E-state index contributed by atoms with van der Waals surface area (Å²) in [4.78, 5) is 37.0. The van der Waals surface area contributed by atoms with Gasteiger partial charge in [-0.25, -0.2) is 0 Å². The predicted molar refractivity (Wildman–Crippen MR) is 247 cm³/mol. The Hall–Kier alpha value is -4.14. The van der Waals surface area contributed by atoms with Crippen molar-refractivity contribution >= 4 is 17.8 Å². The van der Waals surface area contributed by atoms with Crippen LogP contribution in [0.5, 0.6) is 0 Å². The van der Waals surface area contributed by atoms with Crippen LogP contribution < -0.4 is 5.32 Å². The van der Waals surface area contributed by atoms with Crippen molar-refractivity contribution < 1.29 is 103 Å². The number of fused-ring (bicyclic) bond motifs is 2. The highest BCUT2D eigenvalue weighted by Gasteiger charge is 2.52. The molecule has 2 bridgehead atoms. The number of aliphatic hydroxyl groups excluding tert-OH is 9. The fourth-order valence-electron chi connectivity index (χ4n) is 8.34. The third-order valence-corrected chi connectivity index (χ3v) is 12.5. The number of nitrogens with one attached hydrogen (secondary N) is 1. The Labute approximate surface area is 410 Å². The standard InChI is InChI=1S/C49H72F3NO18/c1-27-17-15-13-11-9-7-5-6-8-10-12-14-16-18-34(70-46-44(63)41(43(62)30(4)69-46)53-47(66)49(50,51)52)24-38-40(45(64)65)37(59)26-48(67,71-38)25-33(56)22-36(58)35(57)20-19-31(54)21-32(55)23-39(60)68-29(3)28(2)42(27)61/h5-18,27-38,40-44,46,54-59,61-63,67H,19-26H2,1-4H3,(H,53,66)(H,64,65)/b6-5+,9-7+,10-8+,13-11+,14-12+,17-15-,18-16+/t27-,28-,29-,30+,31+,32+,33-,34-,35+,36+,37-,38-,40+,41-,42+,43+,44-,46-,48+/m0/s1. The molecule has 2 fully saturated rings. The molecule has 0 unspecified atom stereocenters. The van der Waals surface area contributed by atoms with Crippen LogP contribution in [0.25, 0.3) is 0 Å². The van der Waals surface area contributed by atoms with E-state index in [0.717, 1.165) is 0 Å². The molecule has 0 aromatic rings. The van der Waals surface area contributed by atoms with E-state index >= 15 is 0 Å². The minimum Gasteiger partial charge on any atom is -0.481 e. The number of carbonyl (C=O) groups excluding carboxylic acids is 2. The molecule has 22 heteroatoms. The number of hydrogen-bond acceptors (Lipinski definition) is 17. The highest BCUT2D eigenvalue weighted by atomic mass is 19.4. The van der Waals surface area contributed by atoms with E-state index in [9.17, 15) is 83.7 Å². The maximum atomic E-state index is 13.2. The first kappa shape index (κ1) is 61.2. The van der Waals surface area contributed by atoms with Crippen LogP contribution in [0.2, 0.25) is 0 Å². The molecule has 19 atom stereocenters. The molecule has 0 aromatic carbocycles. The summed E-state index contributed by atoms with van der Waals surface area (Å²) in [7, 11) is 0.